The molecule has 0 unspecified atom stereocenters. The number of ether oxygens (including phenoxy) is 1. The maximum Gasteiger partial charge on any atom is 0.153 e. The first-order chi connectivity index (χ1) is 9.02. The Balaban J connectivity index is 2.42. The molecule has 0 spiro atoms. The number of halogens is 1. The lowest BCUT2D eigenvalue weighted by atomic mass is 10.3. The largest absolute Gasteiger partial charge is 0.492 e. The van der Waals surface area contributed by atoms with Crippen molar-refractivity contribution < 1.29 is 9.94 Å². The smallest absolute Gasteiger partial charge is 0.153 e. The molecule has 1 aromatic carbocycles. The minimum atomic E-state index is 0.206. The number of rotatable bonds is 7. The zero-order chi connectivity index (χ0) is 14.3. The van der Waals surface area contributed by atoms with E-state index in [1.165, 1.54) is 0 Å². The van der Waals surface area contributed by atoms with Gasteiger partial charge in [0.05, 0.1) is 6.54 Å². The highest BCUT2D eigenvalue weighted by atomic mass is 79.9. The monoisotopic (exact) mass is 329 g/mol. The Kier molecular flexibility index (Phi) is 6.66. The highest BCUT2D eigenvalue weighted by Crippen LogP contribution is 2.16. The van der Waals surface area contributed by atoms with E-state index in [0.717, 1.165) is 10.2 Å². The lowest BCUT2D eigenvalue weighted by Gasteiger charge is -2.25. The molecule has 0 atom stereocenters. The van der Waals surface area contributed by atoms with Crippen molar-refractivity contribution in [2.45, 2.75) is 19.9 Å². The minimum absolute atomic E-state index is 0.206. The Morgan fingerprint density at radius 3 is 2.58 bits per heavy atom. The molecule has 0 fully saturated rings. The van der Waals surface area contributed by atoms with Gasteiger partial charge in [0.25, 0.3) is 0 Å². The van der Waals surface area contributed by atoms with Crippen molar-refractivity contribution in [2.24, 2.45) is 10.9 Å². The highest BCUT2D eigenvalue weighted by Gasteiger charge is 2.11. The van der Waals surface area contributed by atoms with Crippen LogP contribution in [0, 0.1) is 0 Å². The molecule has 0 amide bonds. The second-order valence-corrected chi connectivity index (χ2v) is 5.37. The van der Waals surface area contributed by atoms with E-state index in [1.807, 2.05) is 24.3 Å². The van der Waals surface area contributed by atoms with Crippen molar-refractivity contribution in [1.29, 1.82) is 0 Å². The van der Waals surface area contributed by atoms with Gasteiger partial charge in [-0.3, -0.25) is 4.90 Å². The lowest BCUT2D eigenvalue weighted by molar-refractivity contribution is 0.193. The van der Waals surface area contributed by atoms with Gasteiger partial charge in [0.1, 0.15) is 12.4 Å². The Bertz CT molecular complexity index is 407. The fourth-order valence-electron chi connectivity index (χ4n) is 1.57. The maximum absolute atomic E-state index is 8.60. The predicted octanol–water partition coefficient (Wildman–Crippen LogP) is 2.28. The Hall–Kier alpha value is -1.27. The van der Waals surface area contributed by atoms with E-state index in [9.17, 15) is 0 Å². The Labute approximate surface area is 122 Å². The van der Waals surface area contributed by atoms with E-state index < -0.39 is 0 Å². The van der Waals surface area contributed by atoms with Crippen molar-refractivity contribution >= 4 is 21.8 Å². The number of nitrogens with two attached hydrogens (primary N) is 1. The van der Waals surface area contributed by atoms with Gasteiger partial charge in [-0.25, -0.2) is 0 Å². The number of amidine groups is 1. The van der Waals surface area contributed by atoms with Crippen LogP contribution >= 0.6 is 15.9 Å². The average Bonchev–Trinajstić information content (AvgIpc) is 2.39. The number of hydrogen-bond donors (Lipinski definition) is 2. The molecular formula is C13H20BrN3O2. The van der Waals surface area contributed by atoms with Crippen LogP contribution in [0.1, 0.15) is 13.8 Å². The van der Waals surface area contributed by atoms with Crippen molar-refractivity contribution in [1.82, 2.24) is 4.90 Å². The molecular weight excluding hydrogens is 310 g/mol. The molecule has 3 N–H and O–H groups in total. The van der Waals surface area contributed by atoms with Gasteiger partial charge in [-0.15, -0.1) is 0 Å². The maximum atomic E-state index is 8.60. The van der Waals surface area contributed by atoms with Crippen LogP contribution in [0.5, 0.6) is 5.75 Å². The summed E-state index contributed by atoms with van der Waals surface area (Å²) in [7, 11) is 0. The summed E-state index contributed by atoms with van der Waals surface area (Å²) in [5.74, 6) is 1.04. The Morgan fingerprint density at radius 1 is 1.42 bits per heavy atom. The number of oxime groups is 1. The molecule has 106 valence electrons. The standard InChI is InChI=1S/C13H20BrN3O2/c1-10(2)17(9-13(15)16-18)7-8-19-12-5-3-11(14)4-6-12/h3-6,10,18H,7-9H2,1-2H3,(H2,15,16). The normalized spacial score (nSPS) is 12.2. The van der Waals surface area contributed by atoms with Crippen LogP contribution in [-0.2, 0) is 0 Å². The third-order valence-corrected chi connectivity index (χ3v) is 3.21. The van der Waals surface area contributed by atoms with Crippen LogP contribution in [0.15, 0.2) is 33.9 Å². The first-order valence-electron chi connectivity index (χ1n) is 6.11. The molecule has 0 aromatic heterocycles. The first-order valence-corrected chi connectivity index (χ1v) is 6.91. The SMILES string of the molecule is CC(C)N(CCOc1ccc(Br)cc1)CC(N)=NO. The molecule has 0 heterocycles. The van der Waals surface area contributed by atoms with E-state index in [1.54, 1.807) is 0 Å². The molecule has 0 saturated carbocycles. The van der Waals surface area contributed by atoms with Gasteiger partial charge in [-0.05, 0) is 38.1 Å². The van der Waals surface area contributed by atoms with E-state index in [2.05, 4.69) is 39.8 Å². The van der Waals surface area contributed by atoms with Crippen LogP contribution in [0.3, 0.4) is 0 Å². The molecule has 0 saturated heterocycles. The summed E-state index contributed by atoms with van der Waals surface area (Å²) in [5.41, 5.74) is 5.52. The van der Waals surface area contributed by atoms with Crippen LogP contribution in [0.2, 0.25) is 0 Å². The van der Waals surface area contributed by atoms with Gasteiger partial charge >= 0.3 is 0 Å². The van der Waals surface area contributed by atoms with E-state index in [-0.39, 0.29) is 5.84 Å². The third-order valence-electron chi connectivity index (χ3n) is 2.68. The summed E-state index contributed by atoms with van der Waals surface area (Å²) in [6.07, 6.45) is 0. The molecule has 0 bridgehead atoms. The lowest BCUT2D eigenvalue weighted by Crippen LogP contribution is -2.40. The zero-order valence-corrected chi connectivity index (χ0v) is 12.8. The van der Waals surface area contributed by atoms with Crippen LogP contribution in [0.4, 0.5) is 0 Å². The summed E-state index contributed by atoms with van der Waals surface area (Å²) in [4.78, 5) is 2.08. The van der Waals surface area contributed by atoms with Gasteiger partial charge in [0, 0.05) is 17.1 Å². The van der Waals surface area contributed by atoms with Crippen molar-refractivity contribution in [3.8, 4) is 5.75 Å². The molecule has 0 aliphatic heterocycles. The molecule has 0 aliphatic rings. The molecule has 19 heavy (non-hydrogen) atoms. The third kappa shape index (κ3) is 5.94. The molecule has 6 heteroatoms. The molecule has 1 aromatic rings. The fraction of sp³-hybridized carbons (Fsp3) is 0.462. The van der Waals surface area contributed by atoms with E-state index >= 15 is 0 Å². The summed E-state index contributed by atoms with van der Waals surface area (Å²) in [6, 6.07) is 7.99. The topological polar surface area (TPSA) is 71.1 Å². The van der Waals surface area contributed by atoms with Crippen molar-refractivity contribution in [3.63, 3.8) is 0 Å². The van der Waals surface area contributed by atoms with Crippen molar-refractivity contribution in [2.75, 3.05) is 19.7 Å². The number of nitrogens with zero attached hydrogens (tertiary/aromatic N) is 2. The second kappa shape index (κ2) is 8.01. The van der Waals surface area contributed by atoms with Gasteiger partial charge in [-0.2, -0.15) is 0 Å². The summed E-state index contributed by atoms with van der Waals surface area (Å²) in [6.45, 7) is 5.81. The molecule has 1 rings (SSSR count). The molecule has 0 radical (unpaired) electrons. The average molecular weight is 330 g/mol. The van der Waals surface area contributed by atoms with Gasteiger partial charge in [0.15, 0.2) is 5.84 Å². The van der Waals surface area contributed by atoms with Gasteiger partial charge in [0.2, 0.25) is 0 Å². The summed E-state index contributed by atoms with van der Waals surface area (Å²) in [5, 5.41) is 11.6. The quantitative estimate of drug-likeness (QED) is 0.348. The van der Waals surface area contributed by atoms with Gasteiger partial charge in [-0.1, -0.05) is 21.1 Å². The minimum Gasteiger partial charge on any atom is -0.492 e. The van der Waals surface area contributed by atoms with Gasteiger partial charge < -0.3 is 15.7 Å². The van der Waals surface area contributed by atoms with Crippen LogP contribution in [0.25, 0.3) is 0 Å². The number of benzene rings is 1. The summed E-state index contributed by atoms with van der Waals surface area (Å²) < 4.78 is 6.67. The summed E-state index contributed by atoms with van der Waals surface area (Å²) >= 11 is 3.38. The first kappa shape index (κ1) is 15.8. The van der Waals surface area contributed by atoms with Crippen LogP contribution in [-0.4, -0.2) is 41.7 Å². The second-order valence-electron chi connectivity index (χ2n) is 4.46. The van der Waals surface area contributed by atoms with Crippen LogP contribution < -0.4 is 10.5 Å². The van der Waals surface area contributed by atoms with E-state index in [4.69, 9.17) is 15.7 Å². The fourth-order valence-corrected chi connectivity index (χ4v) is 1.84. The Morgan fingerprint density at radius 2 is 2.05 bits per heavy atom. The van der Waals surface area contributed by atoms with Crippen molar-refractivity contribution in [3.05, 3.63) is 28.7 Å². The highest BCUT2D eigenvalue weighted by molar-refractivity contribution is 9.10. The zero-order valence-electron chi connectivity index (χ0n) is 11.2. The van der Waals surface area contributed by atoms with E-state index in [0.29, 0.717) is 25.7 Å². The number of hydrogen-bond acceptors (Lipinski definition) is 4. The molecule has 0 aliphatic carbocycles. The predicted molar refractivity (Wildman–Crippen MR) is 79.8 cm³/mol. The molecule has 5 nitrogen and oxygen atoms in total.